The quantitative estimate of drug-likeness (QED) is 0.324. The van der Waals surface area contributed by atoms with Crippen molar-refractivity contribution in [1.82, 2.24) is 10.2 Å². The number of nitrogens with zero attached hydrogens (tertiary/aromatic N) is 3. The van der Waals surface area contributed by atoms with Gasteiger partial charge in [0, 0.05) is 10.6 Å². The molecule has 8 nitrogen and oxygen atoms in total. The highest BCUT2D eigenvalue weighted by atomic mass is 35.5. The average molecular weight is 529 g/mol. The minimum absolute atomic E-state index is 0.0719. The molecule has 0 bridgehead atoms. The van der Waals surface area contributed by atoms with E-state index < -0.39 is 22.5 Å². The molecule has 0 atom stereocenters. The predicted octanol–water partition coefficient (Wildman–Crippen LogP) is 5.09. The lowest BCUT2D eigenvalue weighted by Gasteiger charge is -2.24. The lowest BCUT2D eigenvalue weighted by atomic mass is 10.2. The summed E-state index contributed by atoms with van der Waals surface area (Å²) in [6, 6.07) is 21.5. The third-order valence-corrected chi connectivity index (χ3v) is 7.74. The van der Waals surface area contributed by atoms with Crippen LogP contribution in [0.4, 0.5) is 10.8 Å². The molecule has 1 N–H and O–H groups in total. The van der Waals surface area contributed by atoms with Gasteiger partial charge < -0.3 is 4.74 Å². The molecule has 0 saturated carbocycles. The number of aromatic nitrogens is 2. The van der Waals surface area contributed by atoms with Gasteiger partial charge in [-0.05, 0) is 55.5 Å². The minimum Gasteiger partial charge on any atom is -0.494 e. The molecular formula is C24H21ClN4O4S2. The number of rotatable bonds is 9. The maximum absolute atomic E-state index is 13.4. The van der Waals surface area contributed by atoms with Gasteiger partial charge in [-0.2, -0.15) is 0 Å². The molecule has 0 radical (unpaired) electrons. The fourth-order valence-electron chi connectivity index (χ4n) is 3.18. The van der Waals surface area contributed by atoms with Crippen molar-refractivity contribution in [1.29, 1.82) is 0 Å². The van der Waals surface area contributed by atoms with Gasteiger partial charge in [-0.25, -0.2) is 8.42 Å². The zero-order valence-corrected chi connectivity index (χ0v) is 21.0. The van der Waals surface area contributed by atoms with Crippen LogP contribution in [0.2, 0.25) is 5.02 Å². The molecule has 1 aromatic heterocycles. The largest absolute Gasteiger partial charge is 0.494 e. The zero-order valence-electron chi connectivity index (χ0n) is 18.6. The van der Waals surface area contributed by atoms with Gasteiger partial charge in [-0.15, -0.1) is 10.2 Å². The molecule has 0 spiro atoms. The Balaban J connectivity index is 1.57. The SMILES string of the molecule is CCOc1ccc(N(CC(=O)Nc2nnc(-c3ccc(Cl)cc3)s2)S(=O)(=O)c2ccccc2)cc1. The van der Waals surface area contributed by atoms with E-state index in [-0.39, 0.29) is 10.0 Å². The van der Waals surface area contributed by atoms with E-state index in [1.165, 1.54) is 23.5 Å². The maximum atomic E-state index is 13.4. The molecule has 1 amide bonds. The molecule has 0 aliphatic heterocycles. The number of anilines is 2. The highest BCUT2D eigenvalue weighted by molar-refractivity contribution is 7.92. The molecule has 3 aromatic carbocycles. The van der Waals surface area contributed by atoms with Crippen LogP contribution in [0.15, 0.2) is 83.8 Å². The molecule has 11 heteroatoms. The maximum Gasteiger partial charge on any atom is 0.264 e. The smallest absolute Gasteiger partial charge is 0.264 e. The van der Waals surface area contributed by atoms with Crippen molar-refractivity contribution < 1.29 is 17.9 Å². The summed E-state index contributed by atoms with van der Waals surface area (Å²) in [5.41, 5.74) is 1.13. The van der Waals surface area contributed by atoms with Gasteiger partial charge in [0.15, 0.2) is 0 Å². The van der Waals surface area contributed by atoms with Crippen molar-refractivity contribution in [3.05, 3.63) is 83.9 Å². The van der Waals surface area contributed by atoms with Crippen molar-refractivity contribution >= 4 is 49.7 Å². The van der Waals surface area contributed by atoms with E-state index in [1.54, 1.807) is 66.7 Å². The zero-order chi connectivity index (χ0) is 24.8. The van der Waals surface area contributed by atoms with Crippen LogP contribution < -0.4 is 14.4 Å². The van der Waals surface area contributed by atoms with Crippen molar-refractivity contribution in [2.45, 2.75) is 11.8 Å². The van der Waals surface area contributed by atoms with Gasteiger partial charge in [0.1, 0.15) is 17.3 Å². The Morgan fingerprint density at radius 2 is 1.69 bits per heavy atom. The van der Waals surface area contributed by atoms with Crippen molar-refractivity contribution in [3.8, 4) is 16.3 Å². The third-order valence-electron chi connectivity index (χ3n) is 4.82. The second-order valence-corrected chi connectivity index (χ2v) is 10.5. The first-order chi connectivity index (χ1) is 16.9. The fraction of sp³-hybridized carbons (Fsp3) is 0.125. The number of sulfonamides is 1. The topological polar surface area (TPSA) is 101 Å². The average Bonchev–Trinajstić information content (AvgIpc) is 3.32. The number of carbonyl (C=O) groups excluding carboxylic acids is 1. The van der Waals surface area contributed by atoms with E-state index in [2.05, 4.69) is 15.5 Å². The molecule has 35 heavy (non-hydrogen) atoms. The Hall–Kier alpha value is -3.47. The summed E-state index contributed by atoms with van der Waals surface area (Å²) in [5, 5.41) is 12.2. The predicted molar refractivity (Wildman–Crippen MR) is 138 cm³/mol. The normalized spacial score (nSPS) is 11.1. The molecule has 0 fully saturated rings. The molecular weight excluding hydrogens is 508 g/mol. The van der Waals surface area contributed by atoms with Crippen LogP contribution in [0.3, 0.4) is 0 Å². The van der Waals surface area contributed by atoms with Gasteiger partial charge in [-0.1, -0.05) is 53.3 Å². The fourth-order valence-corrected chi connectivity index (χ4v) is 5.52. The van der Waals surface area contributed by atoms with Gasteiger partial charge >= 0.3 is 0 Å². The summed E-state index contributed by atoms with van der Waals surface area (Å²) in [4.78, 5) is 13.0. The van der Waals surface area contributed by atoms with Crippen LogP contribution in [0.1, 0.15) is 6.92 Å². The Bertz CT molecular complexity index is 1390. The Kier molecular flexibility index (Phi) is 7.64. The van der Waals surface area contributed by atoms with Gasteiger partial charge in [-0.3, -0.25) is 14.4 Å². The summed E-state index contributed by atoms with van der Waals surface area (Å²) in [7, 11) is -4.02. The number of carbonyl (C=O) groups is 1. The summed E-state index contributed by atoms with van der Waals surface area (Å²) < 4.78 is 33.4. The van der Waals surface area contributed by atoms with Crippen LogP contribution in [0, 0.1) is 0 Å². The number of nitrogens with one attached hydrogen (secondary N) is 1. The minimum atomic E-state index is -4.02. The summed E-state index contributed by atoms with van der Waals surface area (Å²) in [6.07, 6.45) is 0. The van der Waals surface area contributed by atoms with Crippen LogP contribution in [-0.4, -0.2) is 37.7 Å². The van der Waals surface area contributed by atoms with Crippen LogP contribution in [-0.2, 0) is 14.8 Å². The van der Waals surface area contributed by atoms with Crippen LogP contribution in [0.5, 0.6) is 5.75 Å². The van der Waals surface area contributed by atoms with Gasteiger partial charge in [0.25, 0.3) is 10.0 Å². The molecule has 0 saturated heterocycles. The van der Waals surface area contributed by atoms with E-state index in [0.29, 0.717) is 28.1 Å². The van der Waals surface area contributed by atoms with Crippen molar-refractivity contribution in [2.24, 2.45) is 0 Å². The second kappa shape index (κ2) is 10.9. The van der Waals surface area contributed by atoms with Crippen molar-refractivity contribution in [2.75, 3.05) is 22.8 Å². The van der Waals surface area contributed by atoms with Crippen LogP contribution in [0.25, 0.3) is 10.6 Å². The first-order valence-corrected chi connectivity index (χ1v) is 13.2. The number of ether oxygens (including phenoxy) is 1. The number of halogens is 1. The highest BCUT2D eigenvalue weighted by Gasteiger charge is 2.27. The van der Waals surface area contributed by atoms with Gasteiger partial charge in [0.05, 0.1) is 17.2 Å². The monoisotopic (exact) mass is 528 g/mol. The molecule has 4 rings (SSSR count). The molecule has 0 aliphatic rings. The lowest BCUT2D eigenvalue weighted by molar-refractivity contribution is -0.114. The summed E-state index contributed by atoms with van der Waals surface area (Å²) in [6.45, 7) is 1.88. The number of amides is 1. The Morgan fingerprint density at radius 3 is 2.34 bits per heavy atom. The van der Waals surface area contributed by atoms with E-state index in [9.17, 15) is 13.2 Å². The van der Waals surface area contributed by atoms with E-state index >= 15 is 0 Å². The third kappa shape index (κ3) is 5.97. The number of hydrogen-bond acceptors (Lipinski definition) is 7. The molecule has 0 aliphatic carbocycles. The summed E-state index contributed by atoms with van der Waals surface area (Å²) >= 11 is 7.10. The molecule has 180 valence electrons. The van der Waals surface area contributed by atoms with E-state index in [4.69, 9.17) is 16.3 Å². The highest BCUT2D eigenvalue weighted by Crippen LogP contribution is 2.28. The Morgan fingerprint density at radius 1 is 1.00 bits per heavy atom. The standard InChI is InChI=1S/C24H21ClN4O4S2/c1-2-33-20-14-12-19(13-15-20)29(35(31,32)21-6-4-3-5-7-21)16-22(30)26-24-28-27-23(34-24)17-8-10-18(25)11-9-17/h3-15H,2,16H2,1H3,(H,26,28,30). The van der Waals surface area contributed by atoms with E-state index in [0.717, 1.165) is 9.87 Å². The van der Waals surface area contributed by atoms with E-state index in [1.807, 2.05) is 6.92 Å². The second-order valence-electron chi connectivity index (χ2n) is 7.22. The molecule has 0 unspecified atom stereocenters. The lowest BCUT2D eigenvalue weighted by Crippen LogP contribution is -2.38. The van der Waals surface area contributed by atoms with Crippen molar-refractivity contribution in [3.63, 3.8) is 0 Å². The Labute approximate surface area is 212 Å². The summed E-state index contributed by atoms with van der Waals surface area (Å²) in [5.74, 6) is 0.0403. The molecule has 4 aromatic rings. The first-order valence-electron chi connectivity index (χ1n) is 10.6. The first kappa shape index (κ1) is 24.6. The van der Waals surface area contributed by atoms with Gasteiger partial charge in [0.2, 0.25) is 11.0 Å². The number of hydrogen-bond donors (Lipinski definition) is 1. The molecule has 1 heterocycles. The van der Waals surface area contributed by atoms with Crippen LogP contribution >= 0.6 is 22.9 Å². The number of benzene rings is 3.